The number of nitrogens with zero attached hydrogens (tertiary/aromatic N) is 3. The van der Waals surface area contributed by atoms with Crippen molar-refractivity contribution < 1.29 is 13.9 Å². The number of hydrogen-bond donors (Lipinski definition) is 0. The lowest BCUT2D eigenvalue weighted by Gasteiger charge is -2.17. The highest BCUT2D eigenvalue weighted by Crippen LogP contribution is 2.19. The van der Waals surface area contributed by atoms with Crippen LogP contribution in [0.2, 0.25) is 0 Å². The Morgan fingerprint density at radius 1 is 1.28 bits per heavy atom. The minimum Gasteiger partial charge on any atom is -0.467 e. The number of rotatable bonds is 10. The molecule has 2 aromatic heterocycles. The first-order chi connectivity index (χ1) is 14.1. The summed E-state index contributed by atoms with van der Waals surface area (Å²) in [6.45, 7) is 4.05. The van der Waals surface area contributed by atoms with Crippen molar-refractivity contribution in [2.24, 2.45) is 0 Å². The molecule has 1 aromatic carbocycles. The number of thioether (sulfide) groups is 1. The fourth-order valence-electron chi connectivity index (χ4n) is 2.89. The predicted octanol–water partition coefficient (Wildman–Crippen LogP) is 3.17. The van der Waals surface area contributed by atoms with Gasteiger partial charge in [-0.15, -0.1) is 0 Å². The number of furan rings is 1. The van der Waals surface area contributed by atoms with E-state index in [1.807, 2.05) is 31.2 Å². The van der Waals surface area contributed by atoms with Crippen LogP contribution in [0.4, 0.5) is 0 Å². The summed E-state index contributed by atoms with van der Waals surface area (Å²) in [4.78, 5) is 31.7. The van der Waals surface area contributed by atoms with Crippen LogP contribution in [-0.4, -0.2) is 46.4 Å². The molecule has 2 heterocycles. The second kappa shape index (κ2) is 10.3. The summed E-state index contributed by atoms with van der Waals surface area (Å²) in [5, 5.41) is 1.12. The van der Waals surface area contributed by atoms with Gasteiger partial charge in [-0.3, -0.25) is 14.2 Å². The number of carbonyl (C=O) groups excluding carboxylic acids is 1. The quantitative estimate of drug-likeness (QED) is 0.288. The lowest BCUT2D eigenvalue weighted by atomic mass is 10.2. The maximum atomic E-state index is 13.0. The molecule has 0 fully saturated rings. The first-order valence-corrected chi connectivity index (χ1v) is 10.5. The molecule has 1 amide bonds. The van der Waals surface area contributed by atoms with Crippen LogP contribution in [0, 0.1) is 0 Å². The zero-order valence-electron chi connectivity index (χ0n) is 16.7. The summed E-state index contributed by atoms with van der Waals surface area (Å²) in [6, 6.07) is 10.9. The van der Waals surface area contributed by atoms with E-state index in [9.17, 15) is 9.59 Å². The first-order valence-electron chi connectivity index (χ1n) is 9.56. The Kier molecular flexibility index (Phi) is 7.48. The number of aromatic nitrogens is 2. The van der Waals surface area contributed by atoms with Gasteiger partial charge in [0.15, 0.2) is 5.16 Å². The lowest BCUT2D eigenvalue weighted by molar-refractivity contribution is -0.127. The molecular weight excluding hydrogens is 390 g/mol. The molecule has 0 radical (unpaired) electrons. The fraction of sp³-hybridized carbons (Fsp3) is 0.381. The maximum absolute atomic E-state index is 13.0. The Morgan fingerprint density at radius 3 is 2.86 bits per heavy atom. The van der Waals surface area contributed by atoms with Crippen molar-refractivity contribution in [3.63, 3.8) is 0 Å². The van der Waals surface area contributed by atoms with Gasteiger partial charge in [0, 0.05) is 26.8 Å². The molecule has 0 saturated carbocycles. The molecule has 0 N–H and O–H groups in total. The van der Waals surface area contributed by atoms with E-state index in [1.54, 1.807) is 34.9 Å². The van der Waals surface area contributed by atoms with Crippen LogP contribution in [0.1, 0.15) is 19.1 Å². The predicted molar refractivity (Wildman–Crippen MR) is 113 cm³/mol. The molecule has 0 saturated heterocycles. The van der Waals surface area contributed by atoms with E-state index < -0.39 is 0 Å². The molecule has 0 bridgehead atoms. The smallest absolute Gasteiger partial charge is 0.262 e. The molecule has 0 atom stereocenters. The number of amides is 1. The molecular formula is C21H25N3O4S. The molecule has 3 aromatic rings. The van der Waals surface area contributed by atoms with Crippen LogP contribution in [0.3, 0.4) is 0 Å². The second-order valence-corrected chi connectivity index (χ2v) is 7.48. The molecule has 0 aliphatic heterocycles. The van der Waals surface area contributed by atoms with Crippen molar-refractivity contribution in [2.75, 3.05) is 26.0 Å². The van der Waals surface area contributed by atoms with Gasteiger partial charge >= 0.3 is 0 Å². The van der Waals surface area contributed by atoms with Crippen molar-refractivity contribution in [3.05, 3.63) is 58.8 Å². The van der Waals surface area contributed by atoms with E-state index in [2.05, 4.69) is 4.98 Å². The second-order valence-electron chi connectivity index (χ2n) is 6.54. The molecule has 154 valence electrons. The van der Waals surface area contributed by atoms with E-state index in [0.29, 0.717) is 48.8 Å². The highest BCUT2D eigenvalue weighted by atomic mass is 32.2. The molecule has 0 spiro atoms. The number of carbonyl (C=O) groups is 1. The van der Waals surface area contributed by atoms with E-state index in [1.165, 1.54) is 11.8 Å². The Hall–Kier alpha value is -2.58. The van der Waals surface area contributed by atoms with Gasteiger partial charge in [0.05, 0.1) is 29.5 Å². The van der Waals surface area contributed by atoms with Crippen LogP contribution in [0.25, 0.3) is 10.9 Å². The Balaban J connectivity index is 1.75. The minimum atomic E-state index is -0.0917. The van der Waals surface area contributed by atoms with Crippen molar-refractivity contribution in [1.82, 2.24) is 14.5 Å². The van der Waals surface area contributed by atoms with Crippen molar-refractivity contribution in [3.8, 4) is 0 Å². The Morgan fingerprint density at radius 2 is 2.10 bits per heavy atom. The average molecular weight is 416 g/mol. The summed E-state index contributed by atoms with van der Waals surface area (Å²) in [7, 11) is 1.73. The van der Waals surface area contributed by atoms with Gasteiger partial charge in [0.1, 0.15) is 5.76 Å². The lowest BCUT2D eigenvalue weighted by Crippen LogP contribution is -2.29. The average Bonchev–Trinajstić information content (AvgIpc) is 3.24. The van der Waals surface area contributed by atoms with E-state index >= 15 is 0 Å². The van der Waals surface area contributed by atoms with Crippen LogP contribution < -0.4 is 5.56 Å². The van der Waals surface area contributed by atoms with Gasteiger partial charge in [-0.1, -0.05) is 23.9 Å². The largest absolute Gasteiger partial charge is 0.467 e. The summed E-state index contributed by atoms with van der Waals surface area (Å²) < 4.78 is 12.3. The first kappa shape index (κ1) is 21.1. The van der Waals surface area contributed by atoms with Gasteiger partial charge in [-0.05, 0) is 37.6 Å². The monoisotopic (exact) mass is 415 g/mol. The molecule has 8 heteroatoms. The third-order valence-corrected chi connectivity index (χ3v) is 5.39. The van der Waals surface area contributed by atoms with Crippen molar-refractivity contribution >= 4 is 28.6 Å². The van der Waals surface area contributed by atoms with Gasteiger partial charge in [0.2, 0.25) is 5.91 Å². The van der Waals surface area contributed by atoms with Crippen LogP contribution in [0.5, 0.6) is 0 Å². The third kappa shape index (κ3) is 5.48. The normalized spacial score (nSPS) is 11.1. The summed E-state index contributed by atoms with van der Waals surface area (Å²) >= 11 is 1.28. The van der Waals surface area contributed by atoms with E-state index in [4.69, 9.17) is 9.15 Å². The molecule has 0 unspecified atom stereocenters. The summed E-state index contributed by atoms with van der Waals surface area (Å²) in [6.07, 6.45) is 2.29. The summed E-state index contributed by atoms with van der Waals surface area (Å²) in [5.74, 6) is 0.852. The zero-order valence-corrected chi connectivity index (χ0v) is 17.5. The van der Waals surface area contributed by atoms with E-state index in [0.717, 1.165) is 5.76 Å². The van der Waals surface area contributed by atoms with Gasteiger partial charge in [-0.2, -0.15) is 0 Å². The third-order valence-electron chi connectivity index (χ3n) is 4.42. The van der Waals surface area contributed by atoms with Crippen LogP contribution in [0.15, 0.2) is 57.0 Å². The topological polar surface area (TPSA) is 77.6 Å². The summed E-state index contributed by atoms with van der Waals surface area (Å²) in [5.41, 5.74) is 0.545. The number of ether oxygens (including phenoxy) is 1. The molecule has 7 nitrogen and oxygen atoms in total. The molecule has 3 rings (SSSR count). The maximum Gasteiger partial charge on any atom is 0.262 e. The van der Waals surface area contributed by atoms with Gasteiger partial charge < -0.3 is 14.1 Å². The molecule has 0 aliphatic carbocycles. The zero-order chi connectivity index (χ0) is 20.6. The Bertz CT molecular complexity index is 1000. The number of fused-ring (bicyclic) bond motifs is 1. The Labute approximate surface area is 173 Å². The van der Waals surface area contributed by atoms with E-state index in [-0.39, 0.29) is 17.2 Å². The number of benzene rings is 1. The van der Waals surface area contributed by atoms with Crippen molar-refractivity contribution in [1.29, 1.82) is 0 Å². The van der Waals surface area contributed by atoms with Crippen LogP contribution >= 0.6 is 11.8 Å². The number of hydrogen-bond acceptors (Lipinski definition) is 6. The SMILES string of the molecule is CCOCCCn1c(SCC(=O)N(C)Cc2ccco2)nc2ccccc2c1=O. The highest BCUT2D eigenvalue weighted by Gasteiger charge is 2.16. The molecule has 0 aliphatic rings. The van der Waals surface area contributed by atoms with Gasteiger partial charge in [-0.25, -0.2) is 4.98 Å². The molecule has 29 heavy (non-hydrogen) atoms. The van der Waals surface area contributed by atoms with Gasteiger partial charge in [0.25, 0.3) is 5.56 Å². The highest BCUT2D eigenvalue weighted by molar-refractivity contribution is 7.99. The minimum absolute atomic E-state index is 0.0605. The van der Waals surface area contributed by atoms with Crippen molar-refractivity contribution in [2.45, 2.75) is 31.6 Å². The fourth-order valence-corrected chi connectivity index (χ4v) is 3.85. The standard InChI is InChI=1S/C21H25N3O4S/c1-3-27-12-7-11-24-20(26)17-9-4-5-10-18(17)22-21(24)29-15-19(25)23(2)14-16-8-6-13-28-16/h4-6,8-10,13H,3,7,11-12,14-15H2,1-2H3. The van der Waals surface area contributed by atoms with Crippen LogP contribution in [-0.2, 0) is 22.6 Å². The number of para-hydroxylation sites is 1.